The normalized spacial score (nSPS) is 28.4. The molecule has 3 saturated heterocycles. The minimum atomic E-state index is -0.250. The van der Waals surface area contributed by atoms with Gasteiger partial charge in [0, 0.05) is 25.2 Å². The van der Waals surface area contributed by atoms with Crippen molar-refractivity contribution >= 4 is 18.3 Å². The van der Waals surface area contributed by atoms with E-state index in [0.717, 1.165) is 19.0 Å². The zero-order valence-electron chi connectivity index (χ0n) is 18.1. The van der Waals surface area contributed by atoms with Gasteiger partial charge in [-0.25, -0.2) is 4.68 Å². The Labute approximate surface area is 177 Å². The van der Waals surface area contributed by atoms with Crippen LogP contribution >= 0.6 is 0 Å². The van der Waals surface area contributed by atoms with Crippen LogP contribution < -0.4 is 5.73 Å². The molecule has 30 heavy (non-hydrogen) atoms. The van der Waals surface area contributed by atoms with Crippen LogP contribution in [0.15, 0.2) is 0 Å². The molecule has 0 aliphatic carbocycles. The fourth-order valence-corrected chi connectivity index (χ4v) is 5.57. The summed E-state index contributed by atoms with van der Waals surface area (Å²) in [6, 6.07) is 1.28. The summed E-state index contributed by atoms with van der Waals surface area (Å²) in [5.41, 5.74) is 5.74. The zero-order valence-corrected chi connectivity index (χ0v) is 18.1. The Hall–Kier alpha value is -2.23. The number of piperidine rings is 3. The summed E-state index contributed by atoms with van der Waals surface area (Å²) < 4.78 is 1.40. The highest BCUT2D eigenvalue weighted by Crippen LogP contribution is 2.42. The molecule has 4 heterocycles. The van der Waals surface area contributed by atoms with E-state index in [2.05, 4.69) is 39.2 Å². The third-order valence-electron chi connectivity index (χ3n) is 6.86. The molecule has 0 aromatic carbocycles. The predicted molar refractivity (Wildman–Crippen MR) is 111 cm³/mol. The van der Waals surface area contributed by atoms with Crippen molar-refractivity contribution in [3.63, 3.8) is 0 Å². The number of tetrazole rings is 1. The number of fused-ring (bicyclic) bond motifs is 4. The Morgan fingerprint density at radius 3 is 2.70 bits per heavy atom. The van der Waals surface area contributed by atoms with E-state index >= 15 is 0 Å². The van der Waals surface area contributed by atoms with E-state index in [1.54, 1.807) is 0 Å². The van der Waals surface area contributed by atoms with Crippen LogP contribution in [0, 0.1) is 17.8 Å². The van der Waals surface area contributed by atoms with Crippen molar-refractivity contribution in [2.45, 2.75) is 71.0 Å². The number of carboxylic acid groups (broad SMARTS) is 1. The molecule has 3 N–H and O–H groups in total. The van der Waals surface area contributed by atoms with E-state index in [4.69, 9.17) is 15.6 Å². The monoisotopic (exact) mass is 421 g/mol. The second kappa shape index (κ2) is 10.2. The molecule has 0 saturated carbocycles. The number of carbonyl (C=O) groups excluding carboxylic acids is 1. The number of nitrogens with zero attached hydrogens (tertiary/aromatic N) is 6. The lowest BCUT2D eigenvalue weighted by molar-refractivity contribution is -0.142. The molecule has 10 heteroatoms. The molecule has 0 radical (unpaired) electrons. The molecule has 2 bridgehead atoms. The van der Waals surface area contributed by atoms with Crippen molar-refractivity contribution in [2.24, 2.45) is 17.8 Å². The van der Waals surface area contributed by atoms with E-state index < -0.39 is 0 Å². The maximum absolute atomic E-state index is 12.9. The number of anilines is 1. The van der Waals surface area contributed by atoms with Crippen molar-refractivity contribution in [1.82, 2.24) is 30.0 Å². The van der Waals surface area contributed by atoms with Crippen LogP contribution in [-0.4, -0.2) is 79.2 Å². The maximum Gasteiger partial charge on any atom is 0.290 e. The number of nitrogen functional groups attached to an aromatic ring is 1. The predicted octanol–water partition coefficient (Wildman–Crippen LogP) is 1.09. The fourth-order valence-electron chi connectivity index (χ4n) is 5.57. The zero-order chi connectivity index (χ0) is 21.7. The van der Waals surface area contributed by atoms with Crippen LogP contribution in [0.25, 0.3) is 0 Å². The van der Waals surface area contributed by atoms with Gasteiger partial charge in [0.25, 0.3) is 6.47 Å². The van der Waals surface area contributed by atoms with Gasteiger partial charge < -0.3 is 15.7 Å². The van der Waals surface area contributed by atoms with Gasteiger partial charge in [-0.05, 0) is 66.8 Å². The molecule has 4 rings (SSSR count). The van der Waals surface area contributed by atoms with Gasteiger partial charge in [0.05, 0.1) is 0 Å². The topological polar surface area (TPSA) is 130 Å². The molecule has 1 amide bonds. The van der Waals surface area contributed by atoms with Gasteiger partial charge in [-0.1, -0.05) is 25.4 Å². The Morgan fingerprint density at radius 2 is 2.03 bits per heavy atom. The van der Waals surface area contributed by atoms with Gasteiger partial charge in [0.2, 0.25) is 11.9 Å². The molecule has 3 fully saturated rings. The first-order valence-electron chi connectivity index (χ1n) is 11.1. The lowest BCUT2D eigenvalue weighted by Crippen LogP contribution is -2.64. The largest absolute Gasteiger partial charge is 0.483 e. The molecule has 168 valence electrons. The van der Waals surface area contributed by atoms with Crippen molar-refractivity contribution < 1.29 is 14.7 Å². The van der Waals surface area contributed by atoms with Gasteiger partial charge in [0.15, 0.2) is 0 Å². The van der Waals surface area contributed by atoms with Crippen molar-refractivity contribution in [1.29, 1.82) is 0 Å². The summed E-state index contributed by atoms with van der Waals surface area (Å²) in [7, 11) is 0. The van der Waals surface area contributed by atoms with Crippen LogP contribution in [0.3, 0.4) is 0 Å². The van der Waals surface area contributed by atoms with Crippen LogP contribution in [0.2, 0.25) is 0 Å². The lowest BCUT2D eigenvalue weighted by Gasteiger charge is -2.57. The molecule has 3 aliphatic heterocycles. The average molecular weight is 422 g/mol. The Kier molecular flexibility index (Phi) is 7.63. The molecule has 1 aromatic rings. The van der Waals surface area contributed by atoms with E-state index in [-0.39, 0.29) is 24.9 Å². The number of hydrogen-bond acceptors (Lipinski definition) is 7. The van der Waals surface area contributed by atoms with Crippen molar-refractivity contribution in [3.8, 4) is 0 Å². The number of hydrogen-bond donors (Lipinski definition) is 2. The van der Waals surface area contributed by atoms with Gasteiger partial charge in [0.1, 0.15) is 6.54 Å². The smallest absolute Gasteiger partial charge is 0.290 e. The summed E-state index contributed by atoms with van der Waals surface area (Å²) >= 11 is 0. The standard InChI is InChI=1S/C19H33N7O.CH2O2/c1-13(2)6-7-17-15-9-14(16-5-3-4-8-25(16)17)10-24(11-15)18(27)12-26-19(20)21-22-23-26;2-1-3/h13-17H,3-12H2,1-2H3,(H2,20,21,23);1H,(H,2,3)/t14-,15+,16+,17+;/m1./s1. The summed E-state index contributed by atoms with van der Waals surface area (Å²) in [4.78, 5) is 26.2. The summed E-state index contributed by atoms with van der Waals surface area (Å²) in [6.07, 6.45) is 7.75. The minimum Gasteiger partial charge on any atom is -0.483 e. The third-order valence-corrected chi connectivity index (χ3v) is 6.86. The van der Waals surface area contributed by atoms with Gasteiger partial charge in [-0.2, -0.15) is 0 Å². The highest BCUT2D eigenvalue weighted by atomic mass is 16.3. The molecule has 3 aliphatic rings. The van der Waals surface area contributed by atoms with Gasteiger partial charge in [-0.15, -0.1) is 0 Å². The first-order valence-corrected chi connectivity index (χ1v) is 11.1. The Balaban J connectivity index is 0.000000806. The van der Waals surface area contributed by atoms with E-state index in [9.17, 15) is 4.79 Å². The highest BCUT2D eigenvalue weighted by molar-refractivity contribution is 5.76. The van der Waals surface area contributed by atoms with Gasteiger partial charge in [-0.3, -0.25) is 14.5 Å². The Bertz CT molecular complexity index is 710. The van der Waals surface area contributed by atoms with E-state index in [0.29, 0.717) is 23.9 Å². The number of aromatic nitrogens is 4. The van der Waals surface area contributed by atoms with Crippen LogP contribution in [0.4, 0.5) is 5.95 Å². The van der Waals surface area contributed by atoms with Crippen LogP contribution in [-0.2, 0) is 16.1 Å². The number of carbonyl (C=O) groups is 2. The fraction of sp³-hybridized carbons (Fsp3) is 0.850. The molecule has 0 unspecified atom stereocenters. The molecular formula is C20H35N7O3. The average Bonchev–Trinajstić information content (AvgIpc) is 3.12. The first kappa shape index (κ1) is 22.5. The molecule has 1 aromatic heterocycles. The third kappa shape index (κ3) is 5.08. The van der Waals surface area contributed by atoms with Crippen LogP contribution in [0.1, 0.15) is 52.4 Å². The maximum atomic E-state index is 12.9. The molecule has 4 atom stereocenters. The summed E-state index contributed by atoms with van der Waals surface area (Å²) in [6.45, 7) is 7.50. The summed E-state index contributed by atoms with van der Waals surface area (Å²) in [5.74, 6) is 2.22. The Morgan fingerprint density at radius 1 is 1.30 bits per heavy atom. The van der Waals surface area contributed by atoms with Crippen molar-refractivity contribution in [2.75, 3.05) is 25.4 Å². The van der Waals surface area contributed by atoms with E-state index in [1.807, 2.05) is 0 Å². The quantitative estimate of drug-likeness (QED) is 0.676. The summed E-state index contributed by atoms with van der Waals surface area (Å²) in [5, 5.41) is 17.9. The molecule has 10 nitrogen and oxygen atoms in total. The first-order chi connectivity index (χ1) is 14.4. The number of amides is 1. The van der Waals surface area contributed by atoms with E-state index in [1.165, 1.54) is 49.8 Å². The highest BCUT2D eigenvalue weighted by Gasteiger charge is 2.47. The van der Waals surface area contributed by atoms with Crippen LogP contribution in [0.5, 0.6) is 0 Å². The lowest BCUT2D eigenvalue weighted by atomic mass is 9.71. The second-order valence-corrected chi connectivity index (χ2v) is 9.19. The SMILES string of the molecule is CC(C)CC[C@H]1[C@H]2C[C@H](CN(C(=O)Cn3nnnc3N)C2)[C@@H]2CCCCN21.O=CO. The van der Waals surface area contributed by atoms with Gasteiger partial charge >= 0.3 is 0 Å². The second-order valence-electron chi connectivity index (χ2n) is 9.19. The number of nitrogens with two attached hydrogens (primary N) is 1. The molecular weight excluding hydrogens is 386 g/mol. The minimum absolute atomic E-state index is 0.0931. The van der Waals surface area contributed by atoms with Crippen molar-refractivity contribution in [3.05, 3.63) is 0 Å². The number of likely N-dealkylation sites (tertiary alicyclic amines) is 1. The number of rotatable bonds is 5. The molecule has 0 spiro atoms.